The van der Waals surface area contributed by atoms with Gasteiger partial charge in [0, 0.05) is 13.2 Å². The van der Waals surface area contributed by atoms with E-state index in [1.54, 1.807) is 21.3 Å². The van der Waals surface area contributed by atoms with E-state index in [4.69, 9.17) is 19.9 Å². The highest BCUT2D eigenvalue weighted by molar-refractivity contribution is 5.49. The van der Waals surface area contributed by atoms with Crippen molar-refractivity contribution >= 4 is 0 Å². The molecule has 17 heavy (non-hydrogen) atoms. The Morgan fingerprint density at radius 2 is 1.88 bits per heavy atom. The van der Waals surface area contributed by atoms with Crippen molar-refractivity contribution in [3.05, 3.63) is 23.3 Å². The van der Waals surface area contributed by atoms with Crippen molar-refractivity contribution in [1.29, 1.82) is 0 Å². The number of rotatable bonds is 6. The molecule has 96 valence electrons. The second-order valence-corrected chi connectivity index (χ2v) is 4.10. The van der Waals surface area contributed by atoms with Crippen LogP contribution in [0.1, 0.15) is 18.1 Å². The van der Waals surface area contributed by atoms with Crippen molar-refractivity contribution in [2.24, 2.45) is 5.73 Å². The molecule has 1 aromatic rings. The minimum absolute atomic E-state index is 0.0754. The largest absolute Gasteiger partial charge is 0.493 e. The third kappa shape index (κ3) is 3.61. The first-order chi connectivity index (χ1) is 8.12. The maximum atomic E-state index is 5.84. The molecule has 0 amide bonds. The predicted octanol–water partition coefficient (Wildman–Crippen LogP) is 1.74. The van der Waals surface area contributed by atoms with Gasteiger partial charge in [0.2, 0.25) is 0 Å². The van der Waals surface area contributed by atoms with Gasteiger partial charge < -0.3 is 19.9 Å². The van der Waals surface area contributed by atoms with Gasteiger partial charge in [-0.25, -0.2) is 0 Å². The van der Waals surface area contributed by atoms with Crippen LogP contribution in [-0.4, -0.2) is 27.4 Å². The highest BCUT2D eigenvalue weighted by atomic mass is 16.5. The van der Waals surface area contributed by atoms with Crippen LogP contribution in [0.2, 0.25) is 0 Å². The molecule has 0 saturated carbocycles. The smallest absolute Gasteiger partial charge is 0.163 e. The Labute approximate surface area is 103 Å². The number of benzene rings is 1. The summed E-state index contributed by atoms with van der Waals surface area (Å²) in [5.74, 6) is 1.47. The fourth-order valence-electron chi connectivity index (χ4n) is 1.85. The number of hydrogen-bond acceptors (Lipinski definition) is 4. The first-order valence-electron chi connectivity index (χ1n) is 5.60. The maximum absolute atomic E-state index is 5.84. The molecule has 0 spiro atoms. The van der Waals surface area contributed by atoms with E-state index < -0.39 is 0 Å². The summed E-state index contributed by atoms with van der Waals surface area (Å²) in [5, 5.41) is 0. The van der Waals surface area contributed by atoms with Crippen LogP contribution in [0, 0.1) is 0 Å². The summed E-state index contributed by atoms with van der Waals surface area (Å²) >= 11 is 0. The van der Waals surface area contributed by atoms with Gasteiger partial charge in [-0.3, -0.25) is 0 Å². The van der Waals surface area contributed by atoms with Crippen molar-refractivity contribution in [1.82, 2.24) is 0 Å². The fourth-order valence-corrected chi connectivity index (χ4v) is 1.85. The third-order valence-corrected chi connectivity index (χ3v) is 2.47. The maximum Gasteiger partial charge on any atom is 0.163 e. The van der Waals surface area contributed by atoms with E-state index in [0.29, 0.717) is 6.61 Å². The SMILES string of the molecule is COCc1cc(CC(C)N)c(OC)c(OC)c1. The molecule has 0 saturated heterocycles. The molecule has 0 radical (unpaired) electrons. The third-order valence-electron chi connectivity index (χ3n) is 2.47. The Morgan fingerprint density at radius 3 is 2.35 bits per heavy atom. The van der Waals surface area contributed by atoms with Crippen molar-refractivity contribution in [2.45, 2.75) is 26.0 Å². The minimum Gasteiger partial charge on any atom is -0.493 e. The average molecular weight is 239 g/mol. The van der Waals surface area contributed by atoms with Crippen molar-refractivity contribution in [3.63, 3.8) is 0 Å². The van der Waals surface area contributed by atoms with E-state index in [-0.39, 0.29) is 6.04 Å². The molecular formula is C13H21NO3. The van der Waals surface area contributed by atoms with Gasteiger partial charge in [-0.2, -0.15) is 0 Å². The van der Waals surface area contributed by atoms with Crippen molar-refractivity contribution in [3.8, 4) is 11.5 Å². The van der Waals surface area contributed by atoms with Gasteiger partial charge in [0.05, 0.1) is 20.8 Å². The minimum atomic E-state index is 0.0754. The van der Waals surface area contributed by atoms with E-state index in [1.807, 2.05) is 19.1 Å². The molecule has 4 nitrogen and oxygen atoms in total. The Bertz CT molecular complexity index is 364. The lowest BCUT2D eigenvalue weighted by atomic mass is 10.0. The molecule has 0 aliphatic heterocycles. The first kappa shape index (κ1) is 13.8. The predicted molar refractivity (Wildman–Crippen MR) is 67.6 cm³/mol. The lowest BCUT2D eigenvalue weighted by Crippen LogP contribution is -2.18. The second-order valence-electron chi connectivity index (χ2n) is 4.10. The quantitative estimate of drug-likeness (QED) is 0.821. The van der Waals surface area contributed by atoms with Gasteiger partial charge in [-0.1, -0.05) is 0 Å². The molecule has 0 fully saturated rings. The normalized spacial score (nSPS) is 12.3. The summed E-state index contributed by atoms with van der Waals surface area (Å²) in [6.07, 6.45) is 0.747. The van der Waals surface area contributed by atoms with Gasteiger partial charge in [-0.15, -0.1) is 0 Å². The number of hydrogen-bond donors (Lipinski definition) is 1. The molecule has 1 atom stereocenters. The van der Waals surface area contributed by atoms with Crippen LogP contribution in [0.4, 0.5) is 0 Å². The molecule has 0 bridgehead atoms. The summed E-state index contributed by atoms with van der Waals surface area (Å²) in [7, 11) is 4.94. The zero-order valence-electron chi connectivity index (χ0n) is 10.9. The van der Waals surface area contributed by atoms with E-state index in [1.165, 1.54) is 0 Å². The van der Waals surface area contributed by atoms with E-state index in [0.717, 1.165) is 29.0 Å². The molecule has 0 aliphatic rings. The summed E-state index contributed by atoms with van der Waals surface area (Å²) in [6, 6.07) is 4.05. The highest BCUT2D eigenvalue weighted by Gasteiger charge is 2.13. The monoisotopic (exact) mass is 239 g/mol. The van der Waals surface area contributed by atoms with Crippen molar-refractivity contribution in [2.75, 3.05) is 21.3 Å². The Balaban J connectivity index is 3.16. The van der Waals surface area contributed by atoms with Gasteiger partial charge in [0.1, 0.15) is 0 Å². The molecule has 1 rings (SSSR count). The Kier molecular flexibility index (Phi) is 5.25. The summed E-state index contributed by atoms with van der Waals surface area (Å²) in [6.45, 7) is 2.52. The molecule has 1 unspecified atom stereocenters. The van der Waals surface area contributed by atoms with Crippen LogP contribution in [0.3, 0.4) is 0 Å². The van der Waals surface area contributed by atoms with Crippen LogP contribution >= 0.6 is 0 Å². The standard InChI is InChI=1S/C13H21NO3/c1-9(14)5-11-6-10(8-15-2)7-12(16-3)13(11)17-4/h6-7,9H,5,8,14H2,1-4H3. The lowest BCUT2D eigenvalue weighted by Gasteiger charge is -2.16. The van der Waals surface area contributed by atoms with Gasteiger partial charge in [0.15, 0.2) is 11.5 Å². The molecule has 0 aromatic heterocycles. The highest BCUT2D eigenvalue weighted by Crippen LogP contribution is 2.33. The summed E-state index contributed by atoms with van der Waals surface area (Å²) in [5.41, 5.74) is 7.94. The first-order valence-corrected chi connectivity index (χ1v) is 5.60. The second kappa shape index (κ2) is 6.47. The van der Waals surface area contributed by atoms with Crippen LogP contribution in [0.15, 0.2) is 12.1 Å². The molecule has 1 aromatic carbocycles. The van der Waals surface area contributed by atoms with Crippen LogP contribution < -0.4 is 15.2 Å². The average Bonchev–Trinajstić information content (AvgIpc) is 2.28. The molecule has 4 heteroatoms. The number of ether oxygens (including phenoxy) is 3. The lowest BCUT2D eigenvalue weighted by molar-refractivity contribution is 0.184. The van der Waals surface area contributed by atoms with Gasteiger partial charge >= 0.3 is 0 Å². The summed E-state index contributed by atoms with van der Waals surface area (Å²) < 4.78 is 15.8. The van der Waals surface area contributed by atoms with E-state index in [9.17, 15) is 0 Å². The van der Waals surface area contributed by atoms with Crippen LogP contribution in [0.25, 0.3) is 0 Å². The topological polar surface area (TPSA) is 53.7 Å². The molecule has 0 aliphatic carbocycles. The molecular weight excluding hydrogens is 218 g/mol. The Hall–Kier alpha value is -1.26. The zero-order chi connectivity index (χ0) is 12.8. The Morgan fingerprint density at radius 1 is 1.18 bits per heavy atom. The summed E-state index contributed by atoms with van der Waals surface area (Å²) in [4.78, 5) is 0. The molecule has 0 heterocycles. The van der Waals surface area contributed by atoms with Gasteiger partial charge in [0.25, 0.3) is 0 Å². The van der Waals surface area contributed by atoms with E-state index >= 15 is 0 Å². The fraction of sp³-hybridized carbons (Fsp3) is 0.538. The van der Waals surface area contributed by atoms with Crippen LogP contribution in [-0.2, 0) is 17.8 Å². The van der Waals surface area contributed by atoms with Crippen molar-refractivity contribution < 1.29 is 14.2 Å². The molecule has 2 N–H and O–H groups in total. The number of nitrogens with two attached hydrogens (primary N) is 1. The van der Waals surface area contributed by atoms with Gasteiger partial charge in [-0.05, 0) is 36.6 Å². The zero-order valence-corrected chi connectivity index (χ0v) is 10.9. The number of methoxy groups -OCH3 is 3. The van der Waals surface area contributed by atoms with Crippen LogP contribution in [0.5, 0.6) is 11.5 Å². The van der Waals surface area contributed by atoms with E-state index in [2.05, 4.69) is 0 Å².